The van der Waals surface area contributed by atoms with Gasteiger partial charge in [0, 0.05) is 5.56 Å². The van der Waals surface area contributed by atoms with Crippen molar-refractivity contribution in [3.63, 3.8) is 0 Å². The Morgan fingerprint density at radius 2 is 1.75 bits per heavy atom. The van der Waals surface area contributed by atoms with Crippen molar-refractivity contribution in [3.8, 4) is 6.07 Å². The van der Waals surface area contributed by atoms with Crippen molar-refractivity contribution in [1.82, 2.24) is 4.31 Å². The van der Waals surface area contributed by atoms with Gasteiger partial charge in [0.2, 0.25) is 10.0 Å². The van der Waals surface area contributed by atoms with Crippen LogP contribution in [0.1, 0.15) is 11.1 Å². The molecule has 3 rings (SSSR count). The first kappa shape index (κ1) is 16.7. The fourth-order valence-electron chi connectivity index (χ4n) is 2.98. The summed E-state index contributed by atoms with van der Waals surface area (Å²) in [6, 6.07) is 18.5. The second-order valence-corrected chi connectivity index (χ2v) is 7.89. The summed E-state index contributed by atoms with van der Waals surface area (Å²) in [5.74, 6) is 0. The molecule has 1 fully saturated rings. The first-order valence-electron chi connectivity index (χ1n) is 7.97. The third kappa shape index (κ3) is 3.65. The van der Waals surface area contributed by atoms with Gasteiger partial charge in [-0.15, -0.1) is 0 Å². The van der Waals surface area contributed by atoms with Crippen molar-refractivity contribution in [3.05, 3.63) is 65.7 Å². The quantitative estimate of drug-likeness (QED) is 0.887. The molecule has 0 aliphatic carbocycles. The molecule has 0 unspecified atom stereocenters. The van der Waals surface area contributed by atoms with Crippen molar-refractivity contribution < 1.29 is 13.3 Å². The summed E-state index contributed by atoms with van der Waals surface area (Å²) in [6.07, 6.45) is 0. The van der Waals surface area contributed by atoms with Crippen LogP contribution in [0, 0.1) is 11.3 Å². The Kier molecular flexibility index (Phi) is 4.95. The highest BCUT2D eigenvalue weighted by molar-refractivity contribution is 7.89. The molecule has 0 radical (unpaired) electrons. The van der Waals surface area contributed by atoms with Crippen LogP contribution in [0.2, 0.25) is 0 Å². The van der Waals surface area contributed by atoms with Crippen LogP contribution in [0.4, 0.5) is 0 Å². The summed E-state index contributed by atoms with van der Waals surface area (Å²) in [7, 11) is -3.52. The number of hydrogen-bond acceptors (Lipinski definition) is 3. The Balaban J connectivity index is 1.66. The molecule has 2 aromatic rings. The van der Waals surface area contributed by atoms with E-state index in [1.54, 1.807) is 18.2 Å². The SMILES string of the molecule is N#Cc1cccc(S(=O)(=O)N2CC[NH+](Cc3ccccc3)CC2)c1. The van der Waals surface area contributed by atoms with E-state index in [2.05, 4.69) is 12.1 Å². The van der Waals surface area contributed by atoms with Gasteiger partial charge in [0.05, 0.1) is 42.7 Å². The minimum absolute atomic E-state index is 0.202. The molecule has 2 aromatic carbocycles. The molecule has 1 aliphatic heterocycles. The molecule has 0 bridgehead atoms. The van der Waals surface area contributed by atoms with Gasteiger partial charge in [-0.2, -0.15) is 9.57 Å². The fraction of sp³-hybridized carbons (Fsp3) is 0.278. The van der Waals surface area contributed by atoms with E-state index in [1.807, 2.05) is 24.3 Å². The van der Waals surface area contributed by atoms with Gasteiger partial charge in [-0.1, -0.05) is 36.4 Å². The Morgan fingerprint density at radius 1 is 1.04 bits per heavy atom. The van der Waals surface area contributed by atoms with E-state index < -0.39 is 10.0 Å². The van der Waals surface area contributed by atoms with Gasteiger partial charge in [-0.05, 0) is 18.2 Å². The fourth-order valence-corrected chi connectivity index (χ4v) is 4.47. The highest BCUT2D eigenvalue weighted by Crippen LogP contribution is 2.16. The van der Waals surface area contributed by atoms with Crippen molar-refractivity contribution in [2.75, 3.05) is 26.2 Å². The van der Waals surface area contributed by atoms with E-state index in [4.69, 9.17) is 5.26 Å². The van der Waals surface area contributed by atoms with Crippen LogP contribution in [0.25, 0.3) is 0 Å². The topological polar surface area (TPSA) is 65.6 Å². The van der Waals surface area contributed by atoms with Crippen molar-refractivity contribution in [2.45, 2.75) is 11.4 Å². The van der Waals surface area contributed by atoms with E-state index in [0.29, 0.717) is 18.7 Å². The Labute approximate surface area is 142 Å². The number of nitriles is 1. The van der Waals surface area contributed by atoms with Crippen LogP contribution in [0.3, 0.4) is 0 Å². The maximum atomic E-state index is 12.7. The number of rotatable bonds is 4. The lowest BCUT2D eigenvalue weighted by Crippen LogP contribution is -3.13. The zero-order valence-corrected chi connectivity index (χ0v) is 14.2. The van der Waals surface area contributed by atoms with Crippen LogP contribution >= 0.6 is 0 Å². The van der Waals surface area contributed by atoms with Gasteiger partial charge >= 0.3 is 0 Å². The Hall–Kier alpha value is -2.20. The molecule has 0 atom stereocenters. The molecule has 0 saturated carbocycles. The molecular formula is C18H20N3O2S+. The third-order valence-corrected chi connectivity index (χ3v) is 6.22. The summed E-state index contributed by atoms with van der Waals surface area (Å²) in [5, 5.41) is 8.95. The van der Waals surface area contributed by atoms with Crippen molar-refractivity contribution >= 4 is 10.0 Å². The van der Waals surface area contributed by atoms with E-state index in [-0.39, 0.29) is 4.90 Å². The van der Waals surface area contributed by atoms with Crippen LogP contribution in [0.5, 0.6) is 0 Å². The van der Waals surface area contributed by atoms with Gasteiger partial charge in [-0.3, -0.25) is 0 Å². The first-order chi connectivity index (χ1) is 11.6. The summed E-state index contributed by atoms with van der Waals surface area (Å²) in [6.45, 7) is 3.49. The third-order valence-electron chi connectivity index (χ3n) is 4.33. The highest BCUT2D eigenvalue weighted by atomic mass is 32.2. The van der Waals surface area contributed by atoms with E-state index in [1.165, 1.54) is 20.8 Å². The largest absolute Gasteiger partial charge is 0.329 e. The summed E-state index contributed by atoms with van der Waals surface area (Å²) >= 11 is 0. The molecule has 24 heavy (non-hydrogen) atoms. The number of piperazine rings is 1. The van der Waals surface area contributed by atoms with Gasteiger partial charge in [0.25, 0.3) is 0 Å². The minimum atomic E-state index is -3.52. The smallest absolute Gasteiger partial charge is 0.243 e. The summed E-state index contributed by atoms with van der Waals surface area (Å²) in [4.78, 5) is 1.59. The second-order valence-electron chi connectivity index (χ2n) is 5.96. The molecule has 124 valence electrons. The van der Waals surface area contributed by atoms with Gasteiger partial charge < -0.3 is 4.90 Å². The number of sulfonamides is 1. The van der Waals surface area contributed by atoms with E-state index >= 15 is 0 Å². The van der Waals surface area contributed by atoms with Gasteiger partial charge in [-0.25, -0.2) is 8.42 Å². The molecule has 0 aromatic heterocycles. The zero-order chi connectivity index (χ0) is 17.0. The summed E-state index contributed by atoms with van der Waals surface area (Å²) < 4.78 is 27.0. The van der Waals surface area contributed by atoms with Crippen molar-refractivity contribution in [2.24, 2.45) is 0 Å². The van der Waals surface area contributed by atoms with Crippen LogP contribution in [-0.4, -0.2) is 38.9 Å². The van der Waals surface area contributed by atoms with E-state index in [9.17, 15) is 8.42 Å². The highest BCUT2D eigenvalue weighted by Gasteiger charge is 2.30. The molecule has 1 heterocycles. The monoisotopic (exact) mass is 342 g/mol. The first-order valence-corrected chi connectivity index (χ1v) is 9.41. The molecule has 0 amide bonds. The van der Waals surface area contributed by atoms with Crippen LogP contribution in [-0.2, 0) is 16.6 Å². The van der Waals surface area contributed by atoms with Gasteiger partial charge in [0.15, 0.2) is 0 Å². The van der Waals surface area contributed by atoms with Crippen molar-refractivity contribution in [1.29, 1.82) is 5.26 Å². The standard InChI is InChI=1S/C18H19N3O2S/c19-14-17-7-4-8-18(13-17)24(22,23)21-11-9-20(10-12-21)15-16-5-2-1-3-6-16/h1-8,13H,9-12,15H2/p+1. The van der Waals surface area contributed by atoms with Crippen LogP contribution < -0.4 is 4.90 Å². The lowest BCUT2D eigenvalue weighted by molar-refractivity contribution is -0.917. The lowest BCUT2D eigenvalue weighted by Gasteiger charge is -2.31. The number of benzene rings is 2. The Bertz CT molecular complexity index is 836. The molecule has 5 nitrogen and oxygen atoms in total. The number of hydrogen-bond donors (Lipinski definition) is 1. The molecule has 1 aliphatic rings. The maximum absolute atomic E-state index is 12.7. The number of nitrogens with zero attached hydrogens (tertiary/aromatic N) is 2. The molecule has 1 N–H and O–H groups in total. The van der Waals surface area contributed by atoms with Crippen LogP contribution in [0.15, 0.2) is 59.5 Å². The second kappa shape index (κ2) is 7.14. The molecule has 6 heteroatoms. The lowest BCUT2D eigenvalue weighted by atomic mass is 10.2. The molecular weight excluding hydrogens is 322 g/mol. The normalized spacial score (nSPS) is 16.6. The Morgan fingerprint density at radius 3 is 2.42 bits per heavy atom. The molecule has 0 spiro atoms. The predicted molar refractivity (Wildman–Crippen MR) is 90.8 cm³/mol. The average Bonchev–Trinajstić information content (AvgIpc) is 2.63. The minimum Gasteiger partial charge on any atom is -0.329 e. The summed E-state index contributed by atoms with van der Waals surface area (Å²) in [5.41, 5.74) is 1.63. The zero-order valence-electron chi connectivity index (χ0n) is 13.4. The molecule has 1 saturated heterocycles. The number of quaternary nitrogens is 1. The average molecular weight is 342 g/mol. The number of nitrogens with one attached hydrogen (secondary N) is 1. The predicted octanol–water partition coefficient (Wildman–Crippen LogP) is 0.648. The van der Waals surface area contributed by atoms with E-state index in [0.717, 1.165) is 19.6 Å². The van der Waals surface area contributed by atoms with Gasteiger partial charge in [0.1, 0.15) is 6.54 Å². The maximum Gasteiger partial charge on any atom is 0.243 e.